The summed E-state index contributed by atoms with van der Waals surface area (Å²) in [7, 11) is 0. The monoisotopic (exact) mass is 337 g/mol. The van der Waals surface area contributed by atoms with Crippen molar-refractivity contribution >= 4 is 16.8 Å². The number of nitrogens with zero attached hydrogens (tertiary/aromatic N) is 2. The minimum Gasteiger partial charge on any atom is -0.348 e. The van der Waals surface area contributed by atoms with Gasteiger partial charge in [-0.3, -0.25) is 9.78 Å². The third-order valence-corrected chi connectivity index (χ3v) is 4.89. The van der Waals surface area contributed by atoms with E-state index in [1.54, 1.807) is 18.3 Å². The van der Waals surface area contributed by atoms with Gasteiger partial charge in [-0.25, -0.2) is 4.39 Å². The summed E-state index contributed by atoms with van der Waals surface area (Å²) in [4.78, 5) is 21.8. The Morgan fingerprint density at radius 2 is 2.24 bits per heavy atom. The number of para-hydroxylation sites is 1. The molecule has 0 spiro atoms. The molecule has 5 heteroatoms. The number of aromatic nitrogens is 2. The number of H-pyrrole nitrogens is 1. The number of likely N-dealkylation sites (tertiary alicyclic amines) is 1. The second kappa shape index (κ2) is 6.67. The highest BCUT2D eigenvalue weighted by Crippen LogP contribution is 2.24. The molecule has 1 amide bonds. The molecule has 2 aromatic heterocycles. The van der Waals surface area contributed by atoms with Crippen LogP contribution in [0.2, 0.25) is 0 Å². The standard InChI is InChI=1S/C20H20FN3O/c21-17-7-1-6-16-11-18(23-19(16)17)20(25)24-9-3-5-15(13-24)10-14-4-2-8-22-12-14/h1-2,4,6-8,11-12,15,23H,3,5,9-10,13H2/t15-/m1/s1. The van der Waals surface area contributed by atoms with Crippen molar-refractivity contribution in [3.63, 3.8) is 0 Å². The number of piperidine rings is 1. The minimum absolute atomic E-state index is 0.0495. The smallest absolute Gasteiger partial charge is 0.270 e. The normalized spacial score (nSPS) is 17.8. The Kier molecular flexibility index (Phi) is 4.22. The van der Waals surface area contributed by atoms with Gasteiger partial charge in [0.05, 0.1) is 5.52 Å². The number of nitrogens with one attached hydrogen (secondary N) is 1. The first-order valence-electron chi connectivity index (χ1n) is 8.66. The first-order chi connectivity index (χ1) is 12.2. The maximum atomic E-state index is 13.8. The van der Waals surface area contributed by atoms with Crippen molar-refractivity contribution in [3.05, 3.63) is 65.9 Å². The zero-order valence-electron chi connectivity index (χ0n) is 13.9. The summed E-state index contributed by atoms with van der Waals surface area (Å²) in [6, 6.07) is 10.6. The molecular weight excluding hydrogens is 317 g/mol. The topological polar surface area (TPSA) is 49.0 Å². The Balaban J connectivity index is 1.50. The lowest BCUT2D eigenvalue weighted by Gasteiger charge is -2.32. The number of benzene rings is 1. The maximum absolute atomic E-state index is 13.8. The highest BCUT2D eigenvalue weighted by atomic mass is 19.1. The van der Waals surface area contributed by atoms with E-state index in [-0.39, 0.29) is 11.7 Å². The third-order valence-electron chi connectivity index (χ3n) is 4.89. The highest BCUT2D eigenvalue weighted by molar-refractivity contribution is 5.98. The van der Waals surface area contributed by atoms with Gasteiger partial charge in [-0.2, -0.15) is 0 Å². The van der Waals surface area contributed by atoms with Crippen LogP contribution in [-0.4, -0.2) is 33.9 Å². The van der Waals surface area contributed by atoms with Gasteiger partial charge in [0.1, 0.15) is 11.5 Å². The van der Waals surface area contributed by atoms with E-state index in [1.165, 1.54) is 11.6 Å². The molecule has 25 heavy (non-hydrogen) atoms. The predicted octanol–water partition coefficient (Wildman–Crippen LogP) is 3.80. The largest absolute Gasteiger partial charge is 0.348 e. The van der Waals surface area contributed by atoms with E-state index in [9.17, 15) is 9.18 Å². The van der Waals surface area contributed by atoms with Crippen molar-refractivity contribution in [1.82, 2.24) is 14.9 Å². The van der Waals surface area contributed by atoms with Crippen LogP contribution in [0, 0.1) is 11.7 Å². The second-order valence-corrected chi connectivity index (χ2v) is 6.71. The van der Waals surface area contributed by atoms with Gasteiger partial charge in [-0.1, -0.05) is 18.2 Å². The molecule has 128 valence electrons. The van der Waals surface area contributed by atoms with E-state index < -0.39 is 0 Å². The Morgan fingerprint density at radius 1 is 1.32 bits per heavy atom. The Bertz CT molecular complexity index is 890. The van der Waals surface area contributed by atoms with Gasteiger partial charge in [0.25, 0.3) is 5.91 Å². The molecule has 3 aromatic rings. The summed E-state index contributed by atoms with van der Waals surface area (Å²) in [6.07, 6.45) is 6.70. The SMILES string of the molecule is O=C(c1cc2cccc(F)c2[nH]1)N1CCC[C@H](Cc2cccnc2)C1. The van der Waals surface area contributed by atoms with Crippen LogP contribution in [0.15, 0.2) is 48.8 Å². The number of halogens is 1. The lowest BCUT2D eigenvalue weighted by atomic mass is 9.92. The molecule has 1 aliphatic heterocycles. The molecule has 0 bridgehead atoms. The third kappa shape index (κ3) is 3.27. The molecule has 1 fully saturated rings. The van der Waals surface area contributed by atoms with E-state index in [0.29, 0.717) is 17.1 Å². The van der Waals surface area contributed by atoms with Crippen LogP contribution in [-0.2, 0) is 6.42 Å². The molecule has 1 atom stereocenters. The summed E-state index contributed by atoms with van der Waals surface area (Å²) in [5.41, 5.74) is 2.06. The number of aromatic amines is 1. The fourth-order valence-corrected chi connectivity index (χ4v) is 3.67. The molecule has 0 saturated carbocycles. The van der Waals surface area contributed by atoms with Crippen molar-refractivity contribution in [2.45, 2.75) is 19.3 Å². The summed E-state index contributed by atoms with van der Waals surface area (Å²) < 4.78 is 13.8. The first kappa shape index (κ1) is 15.8. The minimum atomic E-state index is -0.329. The van der Waals surface area contributed by atoms with Crippen molar-refractivity contribution in [2.24, 2.45) is 5.92 Å². The molecule has 0 unspecified atom stereocenters. The second-order valence-electron chi connectivity index (χ2n) is 6.71. The zero-order valence-corrected chi connectivity index (χ0v) is 13.9. The van der Waals surface area contributed by atoms with Gasteiger partial charge >= 0.3 is 0 Å². The quantitative estimate of drug-likeness (QED) is 0.790. The average Bonchev–Trinajstić information content (AvgIpc) is 3.08. The average molecular weight is 337 g/mol. The Labute approximate surface area is 145 Å². The number of carbonyl (C=O) groups is 1. The number of hydrogen-bond donors (Lipinski definition) is 1. The van der Waals surface area contributed by atoms with E-state index in [0.717, 1.165) is 37.7 Å². The fourth-order valence-electron chi connectivity index (χ4n) is 3.67. The molecule has 4 rings (SSSR count). The molecule has 0 radical (unpaired) electrons. The Morgan fingerprint density at radius 3 is 3.04 bits per heavy atom. The van der Waals surface area contributed by atoms with Crippen molar-refractivity contribution in [3.8, 4) is 0 Å². The molecule has 0 aliphatic carbocycles. The van der Waals surface area contributed by atoms with Gasteiger partial charge in [-0.15, -0.1) is 0 Å². The van der Waals surface area contributed by atoms with Crippen LogP contribution < -0.4 is 0 Å². The number of amides is 1. The molecule has 4 nitrogen and oxygen atoms in total. The lowest BCUT2D eigenvalue weighted by molar-refractivity contribution is 0.0668. The number of hydrogen-bond acceptors (Lipinski definition) is 2. The van der Waals surface area contributed by atoms with Crippen molar-refractivity contribution in [1.29, 1.82) is 0 Å². The van der Waals surface area contributed by atoms with Gasteiger partial charge in [0, 0.05) is 30.9 Å². The molecule has 1 aliphatic rings. The lowest BCUT2D eigenvalue weighted by Crippen LogP contribution is -2.40. The number of rotatable bonds is 3. The number of carbonyl (C=O) groups excluding carboxylic acids is 1. The maximum Gasteiger partial charge on any atom is 0.270 e. The van der Waals surface area contributed by atoms with Gasteiger partial charge in [-0.05, 0) is 48.9 Å². The summed E-state index contributed by atoms with van der Waals surface area (Å²) in [5, 5.41) is 0.729. The fraction of sp³-hybridized carbons (Fsp3) is 0.300. The van der Waals surface area contributed by atoms with Crippen LogP contribution >= 0.6 is 0 Å². The van der Waals surface area contributed by atoms with Gasteiger partial charge in [0.2, 0.25) is 0 Å². The molecule has 1 saturated heterocycles. The van der Waals surface area contributed by atoms with Crippen LogP contribution in [0.25, 0.3) is 10.9 Å². The number of fused-ring (bicyclic) bond motifs is 1. The van der Waals surface area contributed by atoms with Crippen molar-refractivity contribution < 1.29 is 9.18 Å². The summed E-state index contributed by atoms with van der Waals surface area (Å²) >= 11 is 0. The van der Waals surface area contributed by atoms with Gasteiger partial charge < -0.3 is 9.88 Å². The van der Waals surface area contributed by atoms with E-state index in [4.69, 9.17) is 0 Å². The highest BCUT2D eigenvalue weighted by Gasteiger charge is 2.25. The van der Waals surface area contributed by atoms with Crippen LogP contribution in [0.5, 0.6) is 0 Å². The van der Waals surface area contributed by atoms with E-state index >= 15 is 0 Å². The van der Waals surface area contributed by atoms with Crippen LogP contribution in [0.1, 0.15) is 28.9 Å². The van der Waals surface area contributed by atoms with Gasteiger partial charge in [0.15, 0.2) is 0 Å². The van der Waals surface area contributed by atoms with E-state index in [2.05, 4.69) is 16.0 Å². The molecule has 1 N–H and O–H groups in total. The summed E-state index contributed by atoms with van der Waals surface area (Å²) in [5.74, 6) is 0.0548. The number of pyridine rings is 1. The molecular formula is C20H20FN3O. The van der Waals surface area contributed by atoms with Crippen LogP contribution in [0.3, 0.4) is 0 Å². The zero-order chi connectivity index (χ0) is 17.2. The summed E-state index contributed by atoms with van der Waals surface area (Å²) in [6.45, 7) is 1.48. The van der Waals surface area contributed by atoms with Crippen molar-refractivity contribution in [2.75, 3.05) is 13.1 Å². The van der Waals surface area contributed by atoms with Crippen LogP contribution in [0.4, 0.5) is 4.39 Å². The predicted molar refractivity (Wildman–Crippen MR) is 94.8 cm³/mol. The molecule has 1 aromatic carbocycles. The Hall–Kier alpha value is -2.69. The first-order valence-corrected chi connectivity index (χ1v) is 8.66. The molecule has 3 heterocycles. The van der Waals surface area contributed by atoms with E-state index in [1.807, 2.05) is 23.2 Å².